The first-order valence-electron chi connectivity index (χ1n) is 11.6. The zero-order chi connectivity index (χ0) is 23.8. The number of aryl methyl sites for hydroxylation is 1. The molecule has 2 aliphatic heterocycles. The van der Waals surface area contributed by atoms with Gasteiger partial charge in [0.05, 0.1) is 30.1 Å². The van der Waals surface area contributed by atoms with Crippen molar-refractivity contribution in [3.8, 4) is 0 Å². The van der Waals surface area contributed by atoms with Crippen LogP contribution in [0, 0.1) is 12.7 Å². The fourth-order valence-electron chi connectivity index (χ4n) is 4.88. The molecule has 0 atom stereocenters. The molecule has 178 valence electrons. The summed E-state index contributed by atoms with van der Waals surface area (Å²) < 4.78 is 20.4. The number of nitrogens with zero attached hydrogens (tertiary/aromatic N) is 3. The Hall–Kier alpha value is -3.30. The van der Waals surface area contributed by atoms with Crippen LogP contribution in [0.1, 0.15) is 39.8 Å². The predicted molar refractivity (Wildman–Crippen MR) is 127 cm³/mol. The van der Waals surface area contributed by atoms with E-state index in [2.05, 4.69) is 25.1 Å². The fraction of sp³-hybridized carbons (Fsp3) is 0.400. The largest absolute Gasteiger partial charge is 0.372 e. The van der Waals surface area contributed by atoms with Gasteiger partial charge in [-0.1, -0.05) is 0 Å². The first kappa shape index (κ1) is 22.5. The molecule has 0 aliphatic carbocycles. The monoisotopic (exact) mass is 465 g/mol. The molecule has 1 amide bonds. The molecule has 0 bridgehead atoms. The third-order valence-corrected chi connectivity index (χ3v) is 6.58. The van der Waals surface area contributed by atoms with Crippen LogP contribution in [0.25, 0.3) is 10.9 Å². The lowest BCUT2D eigenvalue weighted by Crippen LogP contribution is -2.46. The van der Waals surface area contributed by atoms with Gasteiger partial charge >= 0.3 is 0 Å². The highest BCUT2D eigenvalue weighted by Crippen LogP contribution is 2.28. The second-order valence-corrected chi connectivity index (χ2v) is 8.83. The number of aromatic amines is 1. The Morgan fingerprint density at radius 2 is 1.94 bits per heavy atom. The highest BCUT2D eigenvalue weighted by atomic mass is 19.1. The number of rotatable bonds is 5. The molecule has 0 unspecified atom stereocenters. The number of halogens is 1. The zero-order valence-corrected chi connectivity index (χ0v) is 19.4. The fourth-order valence-corrected chi connectivity index (χ4v) is 4.88. The van der Waals surface area contributed by atoms with Gasteiger partial charge in [0.15, 0.2) is 0 Å². The topological polar surface area (TPSA) is 90.6 Å². The van der Waals surface area contributed by atoms with Crippen LogP contribution in [0.15, 0.2) is 29.1 Å². The van der Waals surface area contributed by atoms with Gasteiger partial charge in [-0.2, -0.15) is 0 Å². The number of benzene rings is 1. The Labute approximate surface area is 196 Å². The molecule has 1 fully saturated rings. The zero-order valence-electron chi connectivity index (χ0n) is 19.4. The van der Waals surface area contributed by atoms with Crippen molar-refractivity contribution in [1.29, 1.82) is 0 Å². The molecule has 1 aromatic carbocycles. The Kier molecular flexibility index (Phi) is 6.05. The number of fused-ring (bicyclic) bond motifs is 3. The van der Waals surface area contributed by atoms with Crippen molar-refractivity contribution >= 4 is 22.5 Å². The lowest BCUT2D eigenvalue weighted by molar-refractivity contribution is 0.0950. The third kappa shape index (κ3) is 4.17. The van der Waals surface area contributed by atoms with Crippen LogP contribution in [-0.4, -0.2) is 53.5 Å². The molecule has 9 heteroatoms. The third-order valence-electron chi connectivity index (χ3n) is 6.58. The van der Waals surface area contributed by atoms with Gasteiger partial charge in [-0.05, 0) is 43.7 Å². The number of amides is 1. The average Bonchev–Trinajstić information content (AvgIpc) is 3.30. The van der Waals surface area contributed by atoms with Gasteiger partial charge in [0.1, 0.15) is 11.5 Å². The van der Waals surface area contributed by atoms with E-state index in [-0.39, 0.29) is 30.5 Å². The quantitative estimate of drug-likeness (QED) is 0.602. The van der Waals surface area contributed by atoms with E-state index >= 15 is 4.39 Å². The maximum atomic E-state index is 15.0. The first-order chi connectivity index (χ1) is 16.4. The van der Waals surface area contributed by atoms with Gasteiger partial charge in [0.2, 0.25) is 0 Å². The van der Waals surface area contributed by atoms with Gasteiger partial charge in [-0.15, -0.1) is 0 Å². The smallest absolute Gasteiger partial charge is 0.269 e. The Morgan fingerprint density at radius 3 is 2.68 bits per heavy atom. The lowest BCUT2D eigenvalue weighted by atomic mass is 10.0. The van der Waals surface area contributed by atoms with Crippen LogP contribution >= 0.6 is 0 Å². The number of hydrogen-bond acceptors (Lipinski definition) is 6. The molecule has 0 saturated carbocycles. The molecular weight excluding hydrogens is 437 g/mol. The van der Waals surface area contributed by atoms with Crippen LogP contribution in [0.2, 0.25) is 0 Å². The highest BCUT2D eigenvalue weighted by Gasteiger charge is 2.23. The summed E-state index contributed by atoms with van der Waals surface area (Å²) in [5, 5.41) is 3.23. The van der Waals surface area contributed by atoms with E-state index in [9.17, 15) is 9.59 Å². The van der Waals surface area contributed by atoms with Gasteiger partial charge in [-0.25, -0.2) is 9.37 Å². The van der Waals surface area contributed by atoms with Crippen LogP contribution in [0.3, 0.4) is 0 Å². The van der Waals surface area contributed by atoms with Gasteiger partial charge in [-0.3, -0.25) is 14.5 Å². The minimum atomic E-state index is -0.321. The number of ether oxygens (including phenoxy) is 1. The lowest BCUT2D eigenvalue weighted by Gasteiger charge is -2.36. The maximum absolute atomic E-state index is 15.0. The van der Waals surface area contributed by atoms with E-state index in [0.29, 0.717) is 40.8 Å². The number of piperazine rings is 1. The summed E-state index contributed by atoms with van der Waals surface area (Å²) in [5.74, 6) is -0.485. The molecule has 1 saturated heterocycles. The number of pyridine rings is 2. The molecule has 4 heterocycles. The van der Waals surface area contributed by atoms with Gasteiger partial charge in [0.25, 0.3) is 11.5 Å². The van der Waals surface area contributed by atoms with Crippen molar-refractivity contribution in [3.63, 3.8) is 0 Å². The summed E-state index contributed by atoms with van der Waals surface area (Å²) in [4.78, 5) is 36.2. The number of carbonyl (C=O) groups excluding carboxylic acids is 1. The molecule has 3 aromatic rings. The van der Waals surface area contributed by atoms with E-state index in [1.165, 1.54) is 0 Å². The van der Waals surface area contributed by atoms with Crippen molar-refractivity contribution < 1.29 is 13.9 Å². The SMILES string of the molecule is CCNC(=O)c1ccc(N2CCN(Cc3cc(F)c4c5c(c(=O)[nH]c4c3)COC5)CC2)c(C)n1. The minimum absolute atomic E-state index is 0.164. The van der Waals surface area contributed by atoms with E-state index in [1.807, 2.05) is 26.0 Å². The Bertz CT molecular complexity index is 1310. The van der Waals surface area contributed by atoms with Crippen molar-refractivity contribution in [2.24, 2.45) is 0 Å². The Balaban J connectivity index is 1.27. The van der Waals surface area contributed by atoms with Crippen LogP contribution in [0.5, 0.6) is 0 Å². The van der Waals surface area contributed by atoms with E-state index in [1.54, 1.807) is 12.1 Å². The molecule has 8 nitrogen and oxygen atoms in total. The number of hydrogen-bond donors (Lipinski definition) is 2. The molecule has 5 rings (SSSR count). The standard InChI is InChI=1S/C25H28FN5O3/c1-3-27-25(33)20-4-5-22(15(2)28-20)31-8-6-30(7-9-31)12-16-10-19(26)23-17-13-34-14-18(17)24(32)29-21(23)11-16/h4-5,10-11H,3,6-9,12-14H2,1-2H3,(H,27,33)(H,29,32). The molecular formula is C25H28FN5O3. The Morgan fingerprint density at radius 1 is 1.18 bits per heavy atom. The van der Waals surface area contributed by atoms with Crippen molar-refractivity contribution in [1.82, 2.24) is 20.2 Å². The summed E-state index contributed by atoms with van der Waals surface area (Å²) in [6, 6.07) is 7.17. The summed E-state index contributed by atoms with van der Waals surface area (Å²) in [6.45, 7) is 8.71. The maximum Gasteiger partial charge on any atom is 0.269 e. The molecule has 0 radical (unpaired) electrons. The van der Waals surface area contributed by atoms with E-state index < -0.39 is 0 Å². The van der Waals surface area contributed by atoms with E-state index in [0.717, 1.165) is 43.1 Å². The van der Waals surface area contributed by atoms with Crippen molar-refractivity contribution in [3.05, 3.63) is 68.5 Å². The molecule has 2 aliphatic rings. The number of anilines is 1. The molecule has 2 N–H and O–H groups in total. The molecule has 34 heavy (non-hydrogen) atoms. The summed E-state index contributed by atoms with van der Waals surface area (Å²) in [7, 11) is 0. The number of H-pyrrole nitrogens is 1. The van der Waals surface area contributed by atoms with Crippen LogP contribution in [-0.2, 0) is 24.5 Å². The second-order valence-electron chi connectivity index (χ2n) is 8.83. The predicted octanol–water partition coefficient (Wildman–Crippen LogP) is 2.47. The molecule has 2 aromatic heterocycles. The number of aromatic nitrogens is 2. The normalized spacial score (nSPS) is 16.1. The minimum Gasteiger partial charge on any atom is -0.372 e. The van der Waals surface area contributed by atoms with Crippen molar-refractivity contribution in [2.75, 3.05) is 37.6 Å². The molecule has 0 spiro atoms. The second kappa shape index (κ2) is 9.15. The average molecular weight is 466 g/mol. The summed E-state index contributed by atoms with van der Waals surface area (Å²) in [5.41, 5.74) is 4.63. The number of carbonyl (C=O) groups is 1. The summed E-state index contributed by atoms with van der Waals surface area (Å²) >= 11 is 0. The van der Waals surface area contributed by atoms with E-state index in [4.69, 9.17) is 4.74 Å². The number of nitrogens with one attached hydrogen (secondary N) is 2. The first-order valence-corrected chi connectivity index (χ1v) is 11.6. The van der Waals surface area contributed by atoms with Gasteiger partial charge in [0, 0.05) is 55.8 Å². The van der Waals surface area contributed by atoms with Gasteiger partial charge < -0.3 is 19.9 Å². The van der Waals surface area contributed by atoms with Crippen molar-refractivity contribution in [2.45, 2.75) is 33.6 Å². The van der Waals surface area contributed by atoms with Crippen LogP contribution in [0.4, 0.5) is 10.1 Å². The summed E-state index contributed by atoms with van der Waals surface area (Å²) in [6.07, 6.45) is 0. The highest BCUT2D eigenvalue weighted by molar-refractivity contribution is 5.92. The van der Waals surface area contributed by atoms with Crippen LogP contribution < -0.4 is 15.8 Å².